The van der Waals surface area contributed by atoms with Crippen molar-refractivity contribution in [3.8, 4) is 5.88 Å². The van der Waals surface area contributed by atoms with Crippen LogP contribution >= 0.6 is 0 Å². The first kappa shape index (κ1) is 15.8. The summed E-state index contributed by atoms with van der Waals surface area (Å²) in [5.74, 6) is 1.03. The van der Waals surface area contributed by atoms with Crippen molar-refractivity contribution in [3.63, 3.8) is 0 Å². The van der Waals surface area contributed by atoms with Crippen LogP contribution in [-0.4, -0.2) is 60.9 Å². The molecular formula is C18H24N2O4. The number of methoxy groups -OCH3 is 1. The highest BCUT2D eigenvalue weighted by molar-refractivity contribution is 5.96. The molecule has 1 amide bonds. The van der Waals surface area contributed by atoms with Crippen molar-refractivity contribution in [3.05, 3.63) is 23.9 Å². The van der Waals surface area contributed by atoms with E-state index in [1.54, 1.807) is 18.3 Å². The van der Waals surface area contributed by atoms with Crippen LogP contribution in [0.25, 0.3) is 0 Å². The standard InChI is InChI=1S/C18H24N2O4/c1-22-17-13(3-2-8-19-17)18(21)20-9-10-23-15-7-6-14(20)16(15)24-11-12-4-5-12/h2-3,8,12,14-16H,4-7,9-11H2,1H3/t14-,15-,16+/m0/s1. The molecule has 3 atom stereocenters. The van der Waals surface area contributed by atoms with E-state index in [1.807, 2.05) is 4.90 Å². The van der Waals surface area contributed by atoms with Crippen LogP contribution < -0.4 is 4.74 Å². The summed E-state index contributed by atoms with van der Waals surface area (Å²) in [5, 5.41) is 0. The first-order valence-electron chi connectivity index (χ1n) is 8.81. The normalized spacial score (nSPS) is 29.4. The first-order valence-corrected chi connectivity index (χ1v) is 8.81. The molecule has 0 spiro atoms. The number of ether oxygens (including phenoxy) is 3. The number of fused-ring (bicyclic) bond motifs is 2. The summed E-state index contributed by atoms with van der Waals surface area (Å²) < 4.78 is 17.4. The first-order chi connectivity index (χ1) is 11.8. The molecule has 0 radical (unpaired) electrons. The van der Waals surface area contributed by atoms with Gasteiger partial charge in [0, 0.05) is 19.3 Å². The molecule has 3 aliphatic rings. The highest BCUT2D eigenvalue weighted by Crippen LogP contribution is 2.36. The summed E-state index contributed by atoms with van der Waals surface area (Å²) in [5.41, 5.74) is 0.506. The van der Waals surface area contributed by atoms with Crippen molar-refractivity contribution in [2.24, 2.45) is 5.92 Å². The van der Waals surface area contributed by atoms with Gasteiger partial charge in [-0.1, -0.05) is 0 Å². The largest absolute Gasteiger partial charge is 0.480 e. The van der Waals surface area contributed by atoms with E-state index in [-0.39, 0.29) is 24.2 Å². The van der Waals surface area contributed by atoms with Crippen LogP contribution in [0.3, 0.4) is 0 Å². The van der Waals surface area contributed by atoms with Gasteiger partial charge < -0.3 is 19.1 Å². The van der Waals surface area contributed by atoms with E-state index < -0.39 is 0 Å². The van der Waals surface area contributed by atoms with Crippen LogP contribution in [0, 0.1) is 5.92 Å². The lowest BCUT2D eigenvalue weighted by molar-refractivity contribution is -0.0556. The fourth-order valence-corrected chi connectivity index (χ4v) is 3.76. The Morgan fingerprint density at radius 1 is 1.38 bits per heavy atom. The number of pyridine rings is 1. The number of hydrogen-bond donors (Lipinski definition) is 0. The van der Waals surface area contributed by atoms with Gasteiger partial charge in [0.1, 0.15) is 11.7 Å². The Hall–Kier alpha value is -1.66. The van der Waals surface area contributed by atoms with Gasteiger partial charge in [-0.25, -0.2) is 4.98 Å². The van der Waals surface area contributed by atoms with E-state index in [1.165, 1.54) is 20.0 Å². The lowest BCUT2D eigenvalue weighted by Gasteiger charge is -2.31. The van der Waals surface area contributed by atoms with Gasteiger partial charge in [0.15, 0.2) is 0 Å². The molecule has 0 unspecified atom stereocenters. The summed E-state index contributed by atoms with van der Waals surface area (Å²) in [6.45, 7) is 1.93. The van der Waals surface area contributed by atoms with Gasteiger partial charge in [-0.2, -0.15) is 0 Å². The predicted molar refractivity (Wildman–Crippen MR) is 87.1 cm³/mol. The molecule has 130 valence electrons. The molecule has 6 nitrogen and oxygen atoms in total. The summed E-state index contributed by atoms with van der Waals surface area (Å²) in [4.78, 5) is 19.2. The third-order valence-corrected chi connectivity index (χ3v) is 5.23. The zero-order valence-electron chi connectivity index (χ0n) is 14.0. The molecule has 2 heterocycles. The molecular weight excluding hydrogens is 308 g/mol. The van der Waals surface area contributed by atoms with Crippen molar-refractivity contribution in [2.45, 2.75) is 43.9 Å². The number of carbonyl (C=O) groups is 1. The minimum atomic E-state index is -0.0453. The highest BCUT2D eigenvalue weighted by Gasteiger charge is 2.45. The Morgan fingerprint density at radius 2 is 2.25 bits per heavy atom. The molecule has 1 aromatic rings. The Kier molecular flexibility index (Phi) is 4.41. The number of rotatable bonds is 5. The monoisotopic (exact) mass is 332 g/mol. The Balaban J connectivity index is 1.55. The predicted octanol–water partition coefficient (Wildman–Crippen LogP) is 1.89. The molecule has 0 N–H and O–H groups in total. The van der Waals surface area contributed by atoms with Gasteiger partial charge in [0.05, 0.1) is 25.9 Å². The van der Waals surface area contributed by atoms with Gasteiger partial charge in [0.2, 0.25) is 5.88 Å². The second-order valence-electron chi connectivity index (χ2n) is 6.85. The third kappa shape index (κ3) is 3.00. The van der Waals surface area contributed by atoms with Gasteiger partial charge in [-0.3, -0.25) is 4.79 Å². The van der Waals surface area contributed by atoms with Crippen LogP contribution in [0.5, 0.6) is 5.88 Å². The van der Waals surface area contributed by atoms with Crippen LogP contribution in [0.2, 0.25) is 0 Å². The molecule has 2 saturated carbocycles. The van der Waals surface area contributed by atoms with Gasteiger partial charge >= 0.3 is 0 Å². The average Bonchev–Trinajstić information content (AvgIpc) is 3.36. The van der Waals surface area contributed by atoms with Crippen molar-refractivity contribution >= 4 is 5.91 Å². The molecule has 1 saturated heterocycles. The van der Waals surface area contributed by atoms with Crippen LogP contribution in [0.1, 0.15) is 36.0 Å². The Bertz CT molecular complexity index is 604. The molecule has 2 bridgehead atoms. The molecule has 4 rings (SSSR count). The maximum atomic E-state index is 13.1. The SMILES string of the molecule is COc1ncccc1C(=O)N1CCO[C@H]2CC[C@H]1[C@H]2OCC1CC1. The van der Waals surface area contributed by atoms with Crippen molar-refractivity contribution in [1.29, 1.82) is 0 Å². The van der Waals surface area contributed by atoms with Crippen molar-refractivity contribution in [2.75, 3.05) is 26.9 Å². The Morgan fingerprint density at radius 3 is 3.04 bits per heavy atom. The van der Waals surface area contributed by atoms with E-state index in [9.17, 15) is 4.79 Å². The third-order valence-electron chi connectivity index (χ3n) is 5.23. The molecule has 1 aliphatic heterocycles. The second kappa shape index (κ2) is 6.69. The molecule has 3 fully saturated rings. The quantitative estimate of drug-likeness (QED) is 0.824. The average molecular weight is 332 g/mol. The maximum absolute atomic E-state index is 13.1. The van der Waals surface area contributed by atoms with Crippen LogP contribution in [0.4, 0.5) is 0 Å². The molecule has 1 aromatic heterocycles. The van der Waals surface area contributed by atoms with Gasteiger partial charge in [0.25, 0.3) is 5.91 Å². The zero-order chi connectivity index (χ0) is 16.5. The van der Waals surface area contributed by atoms with E-state index in [2.05, 4.69) is 4.98 Å². The minimum absolute atomic E-state index is 0.0142. The molecule has 0 aromatic carbocycles. The maximum Gasteiger partial charge on any atom is 0.259 e. The van der Waals surface area contributed by atoms with Gasteiger partial charge in [-0.15, -0.1) is 0 Å². The van der Waals surface area contributed by atoms with E-state index in [4.69, 9.17) is 14.2 Å². The number of aromatic nitrogens is 1. The van der Waals surface area contributed by atoms with E-state index in [0.29, 0.717) is 30.5 Å². The topological polar surface area (TPSA) is 60.9 Å². The Labute approximate surface area is 142 Å². The van der Waals surface area contributed by atoms with Crippen molar-refractivity contribution in [1.82, 2.24) is 9.88 Å². The number of nitrogens with zero attached hydrogens (tertiary/aromatic N) is 2. The fraction of sp³-hybridized carbons (Fsp3) is 0.667. The molecule has 2 aliphatic carbocycles. The highest BCUT2D eigenvalue weighted by atomic mass is 16.5. The summed E-state index contributed by atoms with van der Waals surface area (Å²) >= 11 is 0. The van der Waals surface area contributed by atoms with E-state index >= 15 is 0 Å². The number of amides is 1. The van der Waals surface area contributed by atoms with E-state index in [0.717, 1.165) is 19.4 Å². The van der Waals surface area contributed by atoms with Crippen LogP contribution in [-0.2, 0) is 9.47 Å². The number of carbonyl (C=O) groups excluding carboxylic acids is 1. The second-order valence-corrected chi connectivity index (χ2v) is 6.85. The fourth-order valence-electron chi connectivity index (χ4n) is 3.76. The molecule has 6 heteroatoms. The molecule has 24 heavy (non-hydrogen) atoms. The summed E-state index contributed by atoms with van der Waals surface area (Å²) in [7, 11) is 1.54. The lowest BCUT2D eigenvalue weighted by Crippen LogP contribution is -2.46. The van der Waals surface area contributed by atoms with Crippen molar-refractivity contribution < 1.29 is 19.0 Å². The lowest BCUT2D eigenvalue weighted by atomic mass is 10.1. The minimum Gasteiger partial charge on any atom is -0.480 e. The van der Waals surface area contributed by atoms with Gasteiger partial charge in [-0.05, 0) is 43.7 Å². The number of hydrogen-bond acceptors (Lipinski definition) is 5. The zero-order valence-corrected chi connectivity index (χ0v) is 14.0. The smallest absolute Gasteiger partial charge is 0.259 e. The van der Waals surface area contributed by atoms with Crippen LogP contribution in [0.15, 0.2) is 18.3 Å². The summed E-state index contributed by atoms with van der Waals surface area (Å²) in [6, 6.07) is 3.61. The summed E-state index contributed by atoms with van der Waals surface area (Å²) in [6.07, 6.45) is 6.13.